The zero-order valence-electron chi connectivity index (χ0n) is 17.2. The van der Waals surface area contributed by atoms with E-state index in [0.717, 1.165) is 28.2 Å². The molecule has 0 saturated heterocycles. The van der Waals surface area contributed by atoms with Crippen LogP contribution in [0.1, 0.15) is 24.5 Å². The topological polar surface area (TPSA) is 66.5 Å². The summed E-state index contributed by atoms with van der Waals surface area (Å²) in [6.07, 6.45) is 1.42. The highest BCUT2D eigenvalue weighted by Gasteiger charge is 2.32. The van der Waals surface area contributed by atoms with Crippen molar-refractivity contribution >= 4 is 44.0 Å². The minimum absolute atomic E-state index is 0.308. The standard InChI is InChI=1S/C23H25ClN2O3S/c1-4-21(26(30(3,28)29)22-14-19(24)13-12-16(22)2)23(27)25-15-18-10-7-9-17-8-5-6-11-20(17)18/h5-14,21H,4,15H2,1-3H3,(H,25,27)/t21-/m0/s1. The van der Waals surface area contributed by atoms with E-state index in [9.17, 15) is 13.2 Å². The molecule has 158 valence electrons. The maximum absolute atomic E-state index is 13.1. The molecular weight excluding hydrogens is 420 g/mol. The van der Waals surface area contributed by atoms with E-state index < -0.39 is 16.1 Å². The van der Waals surface area contributed by atoms with Gasteiger partial charge in [-0.15, -0.1) is 0 Å². The zero-order chi connectivity index (χ0) is 21.9. The number of amides is 1. The summed E-state index contributed by atoms with van der Waals surface area (Å²) in [4.78, 5) is 13.1. The van der Waals surface area contributed by atoms with Gasteiger partial charge in [0, 0.05) is 11.6 Å². The second kappa shape index (κ2) is 9.06. The second-order valence-electron chi connectivity index (χ2n) is 7.27. The number of carbonyl (C=O) groups excluding carboxylic acids is 1. The maximum atomic E-state index is 13.1. The molecule has 1 atom stereocenters. The quantitative estimate of drug-likeness (QED) is 0.576. The molecule has 0 spiro atoms. The normalized spacial score (nSPS) is 12.5. The van der Waals surface area contributed by atoms with E-state index >= 15 is 0 Å². The third-order valence-corrected chi connectivity index (χ3v) is 6.47. The van der Waals surface area contributed by atoms with Crippen LogP contribution in [0.5, 0.6) is 0 Å². The van der Waals surface area contributed by atoms with Gasteiger partial charge in [-0.05, 0) is 47.4 Å². The van der Waals surface area contributed by atoms with E-state index in [1.165, 1.54) is 4.31 Å². The van der Waals surface area contributed by atoms with Crippen molar-refractivity contribution in [3.05, 3.63) is 76.8 Å². The Hall–Kier alpha value is -2.57. The molecule has 0 unspecified atom stereocenters. The van der Waals surface area contributed by atoms with Crippen molar-refractivity contribution in [2.75, 3.05) is 10.6 Å². The highest BCUT2D eigenvalue weighted by atomic mass is 35.5. The van der Waals surface area contributed by atoms with E-state index in [2.05, 4.69) is 5.32 Å². The second-order valence-corrected chi connectivity index (χ2v) is 9.57. The lowest BCUT2D eigenvalue weighted by Gasteiger charge is -2.31. The number of fused-ring (bicyclic) bond motifs is 1. The number of nitrogens with one attached hydrogen (secondary N) is 1. The number of carbonyl (C=O) groups is 1. The summed E-state index contributed by atoms with van der Waals surface area (Å²) in [7, 11) is -3.72. The minimum Gasteiger partial charge on any atom is -0.350 e. The first kappa shape index (κ1) is 22.1. The largest absolute Gasteiger partial charge is 0.350 e. The van der Waals surface area contributed by atoms with Gasteiger partial charge in [0.1, 0.15) is 6.04 Å². The van der Waals surface area contributed by atoms with Gasteiger partial charge in [0.2, 0.25) is 15.9 Å². The highest BCUT2D eigenvalue weighted by molar-refractivity contribution is 7.92. The van der Waals surface area contributed by atoms with Gasteiger partial charge in [0.15, 0.2) is 0 Å². The van der Waals surface area contributed by atoms with Gasteiger partial charge in [-0.2, -0.15) is 0 Å². The number of hydrogen-bond acceptors (Lipinski definition) is 3. The molecule has 3 aromatic carbocycles. The third-order valence-electron chi connectivity index (χ3n) is 5.07. The van der Waals surface area contributed by atoms with Crippen LogP contribution >= 0.6 is 11.6 Å². The summed E-state index contributed by atoms with van der Waals surface area (Å²) in [5.41, 5.74) is 2.11. The lowest BCUT2D eigenvalue weighted by molar-refractivity contribution is -0.122. The number of aryl methyl sites for hydroxylation is 1. The number of anilines is 1. The van der Waals surface area contributed by atoms with Crippen LogP contribution in [0, 0.1) is 6.92 Å². The van der Waals surface area contributed by atoms with Gasteiger partial charge in [-0.1, -0.05) is 67.1 Å². The molecule has 1 amide bonds. The van der Waals surface area contributed by atoms with Crippen LogP contribution in [0.15, 0.2) is 60.7 Å². The molecule has 7 heteroatoms. The first-order chi connectivity index (χ1) is 14.2. The molecule has 3 rings (SSSR count). The van der Waals surface area contributed by atoms with Gasteiger partial charge in [0.05, 0.1) is 11.9 Å². The molecule has 0 saturated carbocycles. The fourth-order valence-corrected chi connectivity index (χ4v) is 5.03. The molecule has 5 nitrogen and oxygen atoms in total. The van der Waals surface area contributed by atoms with E-state index in [1.807, 2.05) is 42.5 Å². The van der Waals surface area contributed by atoms with Crippen LogP contribution in [-0.2, 0) is 21.4 Å². The van der Waals surface area contributed by atoms with Gasteiger partial charge in [-0.3, -0.25) is 9.10 Å². The lowest BCUT2D eigenvalue weighted by atomic mass is 10.0. The maximum Gasteiger partial charge on any atom is 0.244 e. The molecular formula is C23H25ClN2O3S. The number of hydrogen-bond donors (Lipinski definition) is 1. The summed E-state index contributed by atoms with van der Waals surface area (Å²) in [5, 5.41) is 5.47. The Bertz CT molecular complexity index is 1170. The molecule has 0 aromatic heterocycles. The van der Waals surface area contributed by atoms with Gasteiger partial charge in [-0.25, -0.2) is 8.42 Å². The first-order valence-corrected chi connectivity index (χ1v) is 11.9. The van der Waals surface area contributed by atoms with Crippen molar-refractivity contribution in [2.24, 2.45) is 0 Å². The Kier molecular flexibility index (Phi) is 6.68. The number of benzene rings is 3. The number of nitrogens with zero attached hydrogens (tertiary/aromatic N) is 1. The van der Waals surface area contributed by atoms with Crippen molar-refractivity contribution in [2.45, 2.75) is 32.9 Å². The first-order valence-electron chi connectivity index (χ1n) is 9.72. The molecule has 0 bridgehead atoms. The van der Waals surface area contributed by atoms with Crippen molar-refractivity contribution in [1.29, 1.82) is 0 Å². The average molecular weight is 445 g/mol. The van der Waals surface area contributed by atoms with Gasteiger partial charge >= 0.3 is 0 Å². The van der Waals surface area contributed by atoms with Crippen LogP contribution < -0.4 is 9.62 Å². The number of halogens is 1. The van der Waals surface area contributed by atoms with Crippen LogP contribution in [0.25, 0.3) is 10.8 Å². The lowest BCUT2D eigenvalue weighted by Crippen LogP contribution is -2.49. The van der Waals surface area contributed by atoms with Crippen molar-refractivity contribution in [3.8, 4) is 0 Å². The Morgan fingerprint density at radius 3 is 2.50 bits per heavy atom. The molecule has 0 radical (unpaired) electrons. The SMILES string of the molecule is CC[C@@H](C(=O)NCc1cccc2ccccc12)N(c1cc(Cl)ccc1C)S(C)(=O)=O. The predicted octanol–water partition coefficient (Wildman–Crippen LogP) is 4.66. The Labute approximate surface area is 182 Å². The summed E-state index contributed by atoms with van der Waals surface area (Å²) < 4.78 is 26.5. The van der Waals surface area contributed by atoms with E-state index in [0.29, 0.717) is 23.7 Å². The molecule has 30 heavy (non-hydrogen) atoms. The third kappa shape index (κ3) is 4.77. The predicted molar refractivity (Wildman–Crippen MR) is 123 cm³/mol. The molecule has 0 aliphatic heterocycles. The van der Waals surface area contributed by atoms with E-state index in [1.54, 1.807) is 32.0 Å². The van der Waals surface area contributed by atoms with Gasteiger partial charge < -0.3 is 5.32 Å². The number of rotatable bonds is 7. The summed E-state index contributed by atoms with van der Waals surface area (Å²) in [5.74, 6) is -0.352. The number of sulfonamides is 1. The van der Waals surface area contributed by atoms with Crippen molar-refractivity contribution < 1.29 is 13.2 Å². The Morgan fingerprint density at radius 2 is 1.80 bits per heavy atom. The van der Waals surface area contributed by atoms with Crippen LogP contribution in [0.3, 0.4) is 0 Å². The van der Waals surface area contributed by atoms with Crippen molar-refractivity contribution in [1.82, 2.24) is 5.32 Å². The smallest absolute Gasteiger partial charge is 0.244 e. The fraction of sp³-hybridized carbons (Fsp3) is 0.261. The molecule has 1 N–H and O–H groups in total. The van der Waals surface area contributed by atoms with Crippen LogP contribution in [-0.4, -0.2) is 26.6 Å². The summed E-state index contributed by atoms with van der Waals surface area (Å²) in [6.45, 7) is 3.90. The van der Waals surface area contributed by atoms with Crippen molar-refractivity contribution in [3.63, 3.8) is 0 Å². The van der Waals surface area contributed by atoms with E-state index in [4.69, 9.17) is 11.6 Å². The monoisotopic (exact) mass is 444 g/mol. The highest BCUT2D eigenvalue weighted by Crippen LogP contribution is 2.29. The molecule has 0 aliphatic carbocycles. The Morgan fingerprint density at radius 1 is 1.10 bits per heavy atom. The van der Waals surface area contributed by atoms with Crippen LogP contribution in [0.4, 0.5) is 5.69 Å². The van der Waals surface area contributed by atoms with Crippen LogP contribution in [0.2, 0.25) is 5.02 Å². The molecule has 0 aliphatic rings. The Balaban J connectivity index is 1.90. The summed E-state index contributed by atoms with van der Waals surface area (Å²) >= 11 is 6.11. The zero-order valence-corrected chi connectivity index (χ0v) is 18.8. The average Bonchev–Trinajstić information content (AvgIpc) is 2.71. The minimum atomic E-state index is -3.72. The van der Waals surface area contributed by atoms with Gasteiger partial charge in [0.25, 0.3) is 0 Å². The fourth-order valence-electron chi connectivity index (χ4n) is 3.60. The molecule has 0 fully saturated rings. The molecule has 0 heterocycles. The van der Waals surface area contributed by atoms with E-state index in [-0.39, 0.29) is 5.91 Å². The molecule has 3 aromatic rings. The summed E-state index contributed by atoms with van der Waals surface area (Å²) in [6, 6.07) is 18.0.